The Labute approximate surface area is 234 Å². The molecule has 0 bridgehead atoms. The maximum absolute atomic E-state index is 11.4. The van der Waals surface area contributed by atoms with E-state index in [4.69, 9.17) is 11.6 Å². The molecular formula is C26H24ClNO6S4. The van der Waals surface area contributed by atoms with Crippen LogP contribution in [0.1, 0.15) is 23.3 Å². The van der Waals surface area contributed by atoms with E-state index in [-0.39, 0.29) is 24.3 Å². The molecule has 1 aliphatic heterocycles. The van der Waals surface area contributed by atoms with Crippen LogP contribution in [0.15, 0.2) is 64.5 Å². The number of nitrogens with zero attached hydrogens (tertiary/aromatic N) is 1. The normalized spacial score (nSPS) is 15.1. The second kappa shape index (κ2) is 10.8. The first-order valence-electron chi connectivity index (χ1n) is 11.8. The summed E-state index contributed by atoms with van der Waals surface area (Å²) >= 11 is 9.42. The highest BCUT2D eigenvalue weighted by molar-refractivity contribution is 8.04. The van der Waals surface area contributed by atoms with E-state index >= 15 is 0 Å². The average Bonchev–Trinajstić information content (AvgIpc) is 3.35. The molecule has 0 saturated heterocycles. The summed E-state index contributed by atoms with van der Waals surface area (Å²) in [6.07, 6.45) is 3.00. The van der Waals surface area contributed by atoms with Crippen molar-refractivity contribution >= 4 is 87.6 Å². The van der Waals surface area contributed by atoms with Crippen molar-refractivity contribution in [1.82, 2.24) is 0 Å². The van der Waals surface area contributed by atoms with Crippen LogP contribution in [0.2, 0.25) is 5.02 Å². The number of hydrogen-bond acceptors (Lipinski definition) is 7. The van der Waals surface area contributed by atoms with Crippen molar-refractivity contribution in [3.8, 4) is 0 Å². The molecule has 38 heavy (non-hydrogen) atoms. The lowest BCUT2D eigenvalue weighted by atomic mass is 10.00. The second-order valence-corrected chi connectivity index (χ2v) is 14.7. The Kier molecular flexibility index (Phi) is 7.80. The van der Waals surface area contributed by atoms with Gasteiger partial charge in [-0.3, -0.25) is 9.11 Å². The van der Waals surface area contributed by atoms with Gasteiger partial charge in [-0.1, -0.05) is 53.7 Å². The number of fused-ring (bicyclic) bond motifs is 4. The smallest absolute Gasteiger partial charge is 0.264 e. The zero-order valence-electron chi connectivity index (χ0n) is 20.0. The van der Waals surface area contributed by atoms with E-state index < -0.39 is 20.2 Å². The predicted octanol–water partition coefficient (Wildman–Crippen LogP) is 6.72. The molecule has 12 heteroatoms. The fourth-order valence-corrected chi connectivity index (χ4v) is 8.24. The molecule has 0 unspecified atom stereocenters. The van der Waals surface area contributed by atoms with Crippen molar-refractivity contribution in [1.29, 1.82) is 0 Å². The van der Waals surface area contributed by atoms with E-state index in [1.165, 1.54) is 0 Å². The van der Waals surface area contributed by atoms with Gasteiger partial charge in [-0.2, -0.15) is 16.8 Å². The van der Waals surface area contributed by atoms with Crippen molar-refractivity contribution in [3.05, 3.63) is 75.1 Å². The van der Waals surface area contributed by atoms with Gasteiger partial charge < -0.3 is 4.90 Å². The molecule has 0 saturated carbocycles. The van der Waals surface area contributed by atoms with Gasteiger partial charge in [0.1, 0.15) is 0 Å². The fraction of sp³-hybridized carbons (Fsp3) is 0.231. The maximum atomic E-state index is 11.4. The molecule has 7 nitrogen and oxygen atoms in total. The third-order valence-electron chi connectivity index (χ3n) is 6.27. The van der Waals surface area contributed by atoms with Crippen LogP contribution in [0.4, 0.5) is 5.69 Å². The molecule has 0 spiro atoms. The average molecular weight is 610 g/mol. The Hall–Kier alpha value is -2.12. The topological polar surface area (TPSA) is 112 Å². The van der Waals surface area contributed by atoms with E-state index in [9.17, 15) is 25.9 Å². The zero-order valence-corrected chi connectivity index (χ0v) is 24.0. The molecule has 1 aliphatic rings. The van der Waals surface area contributed by atoms with Crippen molar-refractivity contribution in [3.63, 3.8) is 0 Å². The quantitative estimate of drug-likeness (QED) is 0.201. The summed E-state index contributed by atoms with van der Waals surface area (Å²) in [5, 5.41) is 4.66. The van der Waals surface area contributed by atoms with E-state index in [1.54, 1.807) is 29.2 Å². The number of hydrogen-bond donors (Lipinski definition) is 2. The van der Waals surface area contributed by atoms with E-state index in [1.807, 2.05) is 41.3 Å². The van der Waals surface area contributed by atoms with Crippen LogP contribution in [0.25, 0.3) is 26.9 Å². The monoisotopic (exact) mass is 609 g/mol. The summed E-state index contributed by atoms with van der Waals surface area (Å²) < 4.78 is 65.1. The molecule has 2 heterocycles. The van der Waals surface area contributed by atoms with Crippen molar-refractivity contribution < 1.29 is 25.9 Å². The van der Waals surface area contributed by atoms with E-state index in [0.717, 1.165) is 46.9 Å². The molecule has 0 aliphatic carbocycles. The van der Waals surface area contributed by atoms with Gasteiger partial charge in [-0.05, 0) is 65.9 Å². The van der Waals surface area contributed by atoms with Gasteiger partial charge >= 0.3 is 0 Å². The van der Waals surface area contributed by atoms with Gasteiger partial charge in [-0.15, -0.1) is 11.3 Å². The van der Waals surface area contributed by atoms with Crippen molar-refractivity contribution in [2.45, 2.75) is 24.2 Å². The summed E-state index contributed by atoms with van der Waals surface area (Å²) in [5.74, 6) is -0.682. The predicted molar refractivity (Wildman–Crippen MR) is 158 cm³/mol. The van der Waals surface area contributed by atoms with Crippen LogP contribution in [0.5, 0.6) is 0 Å². The van der Waals surface area contributed by atoms with Crippen LogP contribution < -0.4 is 4.90 Å². The van der Waals surface area contributed by atoms with Crippen LogP contribution >= 0.6 is 34.7 Å². The molecular weight excluding hydrogens is 586 g/mol. The summed E-state index contributed by atoms with van der Waals surface area (Å²) in [4.78, 5) is 3.95. The molecule has 2 N–H and O–H groups in total. The van der Waals surface area contributed by atoms with Gasteiger partial charge in [0.25, 0.3) is 20.2 Å². The second-order valence-electron chi connectivity index (χ2n) is 8.98. The molecule has 1 aromatic heterocycles. The number of rotatable bonds is 9. The zero-order chi connectivity index (χ0) is 27.1. The largest absolute Gasteiger partial charge is 0.335 e. The highest BCUT2D eigenvalue weighted by Crippen LogP contribution is 2.49. The Balaban J connectivity index is 1.60. The number of halogens is 1. The molecule has 0 fully saturated rings. The van der Waals surface area contributed by atoms with Crippen LogP contribution in [-0.4, -0.2) is 44.0 Å². The van der Waals surface area contributed by atoms with Crippen LogP contribution in [0.3, 0.4) is 0 Å². The Bertz CT molecular complexity index is 1780. The van der Waals surface area contributed by atoms with Gasteiger partial charge in [0.2, 0.25) is 0 Å². The van der Waals surface area contributed by atoms with Crippen molar-refractivity contribution in [2.24, 2.45) is 0 Å². The Morgan fingerprint density at radius 2 is 1.66 bits per heavy atom. The minimum atomic E-state index is -4.09. The fourth-order valence-electron chi connectivity index (χ4n) is 4.68. The van der Waals surface area contributed by atoms with Crippen LogP contribution in [-0.2, 0) is 26.7 Å². The molecule has 5 rings (SSSR count). The summed E-state index contributed by atoms with van der Waals surface area (Å²) in [6, 6.07) is 17.7. The molecule has 0 amide bonds. The van der Waals surface area contributed by atoms with Gasteiger partial charge in [0.15, 0.2) is 0 Å². The third-order valence-corrected chi connectivity index (χ3v) is 10.4. The molecule has 4 aromatic rings. The minimum Gasteiger partial charge on any atom is -0.335 e. The Morgan fingerprint density at radius 1 is 0.921 bits per heavy atom. The minimum absolute atomic E-state index is 0.223. The number of anilines is 1. The van der Waals surface area contributed by atoms with E-state index in [0.29, 0.717) is 18.0 Å². The molecule has 0 radical (unpaired) electrons. The number of aryl methyl sites for hydroxylation is 1. The van der Waals surface area contributed by atoms with E-state index in [2.05, 4.69) is 18.2 Å². The molecule has 3 aromatic carbocycles. The maximum Gasteiger partial charge on any atom is 0.264 e. The van der Waals surface area contributed by atoms with Crippen molar-refractivity contribution in [2.75, 3.05) is 23.0 Å². The SMILES string of the molecule is O=S(=O)(O)CCCc1c(C=C2Sc3ccc(Cl)cc3N2CCCS(=O)(=O)O)sc2ccc3ccccc3c12. The summed E-state index contributed by atoms with van der Waals surface area (Å²) in [5.41, 5.74) is 1.87. The third kappa shape index (κ3) is 6.20. The molecule has 0 atom stereocenters. The lowest BCUT2D eigenvalue weighted by Crippen LogP contribution is -2.21. The highest BCUT2D eigenvalue weighted by atomic mass is 35.5. The summed E-state index contributed by atoms with van der Waals surface area (Å²) in [7, 11) is -8.18. The number of benzene rings is 3. The first kappa shape index (κ1) is 27.4. The number of thiophene rings is 1. The van der Waals surface area contributed by atoms with Gasteiger partial charge in [0, 0.05) is 31.4 Å². The standard InChI is InChI=1S/C26H24ClNO6S4/c27-18-9-11-22-21(15-18)28(12-4-14-38(32,33)34)25(36-22)16-24-20(7-3-13-37(29,30)31)26-19-6-2-1-5-17(19)8-10-23(26)35-24/h1-2,5-6,8-11,15-16H,3-4,7,12-14H2,(H,29,30,31)(H,32,33,34). The lowest BCUT2D eigenvalue weighted by molar-refractivity contribution is 0.479. The Morgan fingerprint density at radius 3 is 2.42 bits per heavy atom. The van der Waals surface area contributed by atoms with Gasteiger partial charge in [0.05, 0.1) is 22.2 Å². The summed E-state index contributed by atoms with van der Waals surface area (Å²) in [6.45, 7) is 0.359. The number of thioether (sulfide) groups is 1. The lowest BCUT2D eigenvalue weighted by Gasteiger charge is -2.20. The first-order chi connectivity index (χ1) is 18.0. The van der Waals surface area contributed by atoms with Gasteiger partial charge in [-0.25, -0.2) is 0 Å². The molecule has 200 valence electrons. The highest BCUT2D eigenvalue weighted by Gasteiger charge is 2.27. The van der Waals surface area contributed by atoms with Crippen LogP contribution in [0, 0.1) is 0 Å². The first-order valence-corrected chi connectivity index (χ1v) is 17.0.